The van der Waals surface area contributed by atoms with Crippen molar-refractivity contribution < 1.29 is 17.5 Å². The third kappa shape index (κ3) is 8.22. The van der Waals surface area contributed by atoms with Gasteiger partial charge in [-0.1, -0.05) is 48.0 Å². The monoisotopic (exact) mass is 530 g/mol. The van der Waals surface area contributed by atoms with Crippen LogP contribution in [0.4, 0.5) is 5.69 Å². The highest BCUT2D eigenvalue weighted by Crippen LogP contribution is 2.16. The third-order valence-electron chi connectivity index (χ3n) is 5.43. The Labute approximate surface area is 217 Å². The molecule has 35 heavy (non-hydrogen) atoms. The molecule has 4 rings (SSSR count). The highest BCUT2D eigenvalue weighted by molar-refractivity contribution is 7.85. The third-order valence-corrected chi connectivity index (χ3v) is 6.62. The number of aryl methyl sites for hydroxylation is 1. The lowest BCUT2D eigenvalue weighted by atomic mass is 10.1. The number of alkyl halides is 2. The lowest BCUT2D eigenvalue weighted by molar-refractivity contribution is -0.687. The Bertz CT molecular complexity index is 1320. The topological polar surface area (TPSA) is 64.3 Å². The van der Waals surface area contributed by atoms with E-state index in [2.05, 4.69) is 76.5 Å². The van der Waals surface area contributed by atoms with Gasteiger partial charge in [-0.25, -0.2) is 13.0 Å². The fourth-order valence-corrected chi connectivity index (χ4v) is 4.46. The average molecular weight is 532 g/mol. The molecule has 5 nitrogen and oxygen atoms in total. The molecule has 1 heterocycles. The highest BCUT2D eigenvalue weighted by Gasteiger charge is 2.08. The van der Waals surface area contributed by atoms with Gasteiger partial charge >= 0.3 is 0 Å². The van der Waals surface area contributed by atoms with Gasteiger partial charge in [0.15, 0.2) is 18.9 Å². The van der Waals surface area contributed by atoms with Crippen LogP contribution in [-0.4, -0.2) is 37.8 Å². The van der Waals surface area contributed by atoms with Crippen LogP contribution in [0.25, 0.3) is 10.8 Å². The van der Waals surface area contributed by atoms with Gasteiger partial charge in [0.2, 0.25) is 0 Å². The summed E-state index contributed by atoms with van der Waals surface area (Å²) in [6.45, 7) is 4.30. The first kappa shape index (κ1) is 27.0. The lowest BCUT2D eigenvalue weighted by Crippen LogP contribution is -2.33. The summed E-state index contributed by atoms with van der Waals surface area (Å²) in [6.07, 6.45) is 4.32. The Morgan fingerprint density at radius 1 is 0.829 bits per heavy atom. The molecule has 0 aliphatic heterocycles. The number of anilines is 1. The van der Waals surface area contributed by atoms with Crippen LogP contribution in [0.5, 0.6) is 0 Å². The van der Waals surface area contributed by atoms with E-state index >= 15 is 0 Å². The van der Waals surface area contributed by atoms with Gasteiger partial charge in [0.1, 0.15) is 10.1 Å². The van der Waals surface area contributed by atoms with Crippen molar-refractivity contribution in [2.24, 2.45) is 0 Å². The van der Waals surface area contributed by atoms with Gasteiger partial charge in [0.25, 0.3) is 0 Å². The second-order valence-electron chi connectivity index (χ2n) is 8.04. The molecule has 0 spiro atoms. The van der Waals surface area contributed by atoms with Gasteiger partial charge in [-0.3, -0.25) is 0 Å². The van der Waals surface area contributed by atoms with E-state index in [1.54, 1.807) is 12.1 Å². The van der Waals surface area contributed by atoms with Crippen LogP contribution in [0.15, 0.2) is 96.2 Å². The number of hydrogen-bond donors (Lipinski definition) is 0. The summed E-state index contributed by atoms with van der Waals surface area (Å²) < 4.78 is 33.4. The Kier molecular flexibility index (Phi) is 9.93. The quantitative estimate of drug-likeness (QED) is 0.175. The maximum atomic E-state index is 10.4. The number of pyridine rings is 1. The zero-order chi connectivity index (χ0) is 25.3. The van der Waals surface area contributed by atoms with Gasteiger partial charge in [0.05, 0.1) is 4.90 Å². The molecule has 0 aliphatic rings. The number of fused-ring (bicyclic) bond motifs is 1. The van der Waals surface area contributed by atoms with E-state index in [0.717, 1.165) is 25.2 Å². The maximum Gasteiger partial charge on any atom is 0.176 e. The van der Waals surface area contributed by atoms with Crippen LogP contribution in [0, 0.1) is 6.92 Å². The van der Waals surface area contributed by atoms with Crippen LogP contribution < -0.4 is 9.47 Å². The van der Waals surface area contributed by atoms with Crippen LogP contribution in [-0.2, 0) is 16.7 Å². The summed E-state index contributed by atoms with van der Waals surface area (Å²) in [5, 5.41) is 2.52. The number of rotatable bonds is 8. The molecule has 0 bridgehead atoms. The largest absolute Gasteiger partial charge is 0.744 e. The fourth-order valence-electron chi connectivity index (χ4n) is 3.58. The minimum atomic E-state index is -4.27. The van der Waals surface area contributed by atoms with E-state index < -0.39 is 10.1 Å². The van der Waals surface area contributed by atoms with Crippen molar-refractivity contribution in [2.75, 3.05) is 29.7 Å². The molecule has 3 aromatic carbocycles. The minimum absolute atomic E-state index is 0.178. The Morgan fingerprint density at radius 2 is 1.43 bits per heavy atom. The van der Waals surface area contributed by atoms with Crippen molar-refractivity contribution in [3.05, 3.63) is 102 Å². The Balaban J connectivity index is 0.000000261. The molecule has 0 amide bonds. The number of benzene rings is 3. The first-order valence-corrected chi connectivity index (χ1v) is 13.6. The van der Waals surface area contributed by atoms with Gasteiger partial charge in [-0.2, -0.15) is 0 Å². The zero-order valence-electron chi connectivity index (χ0n) is 19.5. The Hall–Kier alpha value is -2.64. The SMILES string of the molecule is Cc1ccc(S(=O)(=O)[O-])cc1.ClCCN(CCCl)c1ccc(C[n+]2ccc3ccccc3c2)cc1. The van der Waals surface area contributed by atoms with Gasteiger partial charge in [0, 0.05) is 47.6 Å². The van der Waals surface area contributed by atoms with E-state index in [1.807, 2.05) is 6.92 Å². The molecule has 8 heteroatoms. The molecule has 0 radical (unpaired) electrons. The molecular formula is C27H28Cl2N2O3S. The molecule has 0 saturated carbocycles. The predicted molar refractivity (Wildman–Crippen MR) is 142 cm³/mol. The second-order valence-corrected chi connectivity index (χ2v) is 10.2. The second kappa shape index (κ2) is 12.9. The number of halogens is 2. The number of hydrogen-bond acceptors (Lipinski definition) is 4. The summed E-state index contributed by atoms with van der Waals surface area (Å²) in [5.41, 5.74) is 3.37. The van der Waals surface area contributed by atoms with Crippen LogP contribution in [0.1, 0.15) is 11.1 Å². The van der Waals surface area contributed by atoms with E-state index in [4.69, 9.17) is 23.2 Å². The normalized spacial score (nSPS) is 11.1. The van der Waals surface area contributed by atoms with E-state index in [9.17, 15) is 13.0 Å². The van der Waals surface area contributed by atoms with Crippen LogP contribution in [0.3, 0.4) is 0 Å². The van der Waals surface area contributed by atoms with Crippen molar-refractivity contribution in [1.82, 2.24) is 0 Å². The standard InChI is InChI=1S/C20H21Cl2N2.C7H8O3S/c21-10-13-24(14-11-22)20-7-5-17(6-8-20)15-23-12-9-18-3-1-2-4-19(18)16-23;1-6-2-4-7(5-3-6)11(8,9)10/h1-9,12,16H,10-11,13-15H2;2-5H,1H3,(H,8,9,10)/q+1;/p-1. The van der Waals surface area contributed by atoms with Crippen molar-refractivity contribution >= 4 is 49.8 Å². The first-order chi connectivity index (χ1) is 16.8. The van der Waals surface area contributed by atoms with Crippen molar-refractivity contribution in [3.8, 4) is 0 Å². The fraction of sp³-hybridized carbons (Fsp3) is 0.222. The molecular weight excluding hydrogens is 503 g/mol. The molecule has 0 aliphatic carbocycles. The number of aromatic nitrogens is 1. The summed E-state index contributed by atoms with van der Waals surface area (Å²) in [4.78, 5) is 2.04. The van der Waals surface area contributed by atoms with E-state index in [-0.39, 0.29) is 4.90 Å². The Morgan fingerprint density at radius 3 is 2.00 bits per heavy atom. The molecule has 184 valence electrons. The molecule has 0 N–H and O–H groups in total. The van der Waals surface area contributed by atoms with Crippen molar-refractivity contribution in [2.45, 2.75) is 18.4 Å². The smallest absolute Gasteiger partial charge is 0.176 e. The first-order valence-electron chi connectivity index (χ1n) is 11.2. The summed E-state index contributed by atoms with van der Waals surface area (Å²) >= 11 is 11.8. The predicted octanol–water partition coefficient (Wildman–Crippen LogP) is 5.36. The molecule has 1 aromatic heterocycles. The van der Waals surface area contributed by atoms with E-state index in [1.165, 1.54) is 34.2 Å². The molecule has 0 saturated heterocycles. The molecule has 0 unspecified atom stereocenters. The van der Waals surface area contributed by atoms with Crippen LogP contribution >= 0.6 is 23.2 Å². The number of nitrogens with zero attached hydrogens (tertiary/aromatic N) is 2. The summed E-state index contributed by atoms with van der Waals surface area (Å²) in [5.74, 6) is 1.21. The van der Waals surface area contributed by atoms with Gasteiger partial charge in [-0.05, 0) is 42.6 Å². The van der Waals surface area contributed by atoms with Crippen molar-refractivity contribution in [1.29, 1.82) is 0 Å². The highest BCUT2D eigenvalue weighted by atomic mass is 35.5. The molecule has 0 atom stereocenters. The van der Waals surface area contributed by atoms with Gasteiger partial charge < -0.3 is 9.45 Å². The molecule has 0 fully saturated rings. The lowest BCUT2D eigenvalue weighted by Gasteiger charge is -2.22. The zero-order valence-corrected chi connectivity index (χ0v) is 21.8. The summed E-state index contributed by atoms with van der Waals surface area (Å²) in [7, 11) is -4.27. The molecule has 4 aromatic rings. The maximum absolute atomic E-state index is 10.4. The van der Waals surface area contributed by atoms with Crippen LogP contribution in [0.2, 0.25) is 0 Å². The van der Waals surface area contributed by atoms with Gasteiger partial charge in [-0.15, -0.1) is 23.2 Å². The minimum Gasteiger partial charge on any atom is -0.744 e. The average Bonchev–Trinajstić information content (AvgIpc) is 2.84. The van der Waals surface area contributed by atoms with E-state index in [0.29, 0.717) is 11.8 Å². The van der Waals surface area contributed by atoms with Crippen molar-refractivity contribution in [3.63, 3.8) is 0 Å². The summed E-state index contributed by atoms with van der Waals surface area (Å²) in [6, 6.07) is 25.0.